The van der Waals surface area contributed by atoms with E-state index in [1.165, 1.54) is 56.2 Å². The van der Waals surface area contributed by atoms with Gasteiger partial charge in [0.2, 0.25) is 0 Å². The molecule has 1 aromatic rings. The molecule has 5 aliphatic rings. The minimum absolute atomic E-state index is 0.577. The van der Waals surface area contributed by atoms with Crippen LogP contribution in [0.4, 0.5) is 0 Å². The molecule has 5 atom stereocenters. The van der Waals surface area contributed by atoms with Crippen LogP contribution < -0.4 is 0 Å². The summed E-state index contributed by atoms with van der Waals surface area (Å²) >= 11 is 0. The number of phenolic OH excluding ortho intramolecular Hbond substituents is 1. The van der Waals surface area contributed by atoms with E-state index >= 15 is 0 Å². The number of benzene rings is 1. The van der Waals surface area contributed by atoms with E-state index in [-0.39, 0.29) is 0 Å². The summed E-state index contributed by atoms with van der Waals surface area (Å²) in [4.78, 5) is 2.82. The number of hydrogen-bond donors (Lipinski definition) is 1. The number of aromatic hydroxyl groups is 1. The van der Waals surface area contributed by atoms with Crippen molar-refractivity contribution in [3.8, 4) is 5.75 Å². The van der Waals surface area contributed by atoms with E-state index in [4.69, 9.17) is 0 Å². The number of piperidine rings is 2. The van der Waals surface area contributed by atoms with Crippen LogP contribution in [0.25, 0.3) is 0 Å². The molecule has 1 aromatic carbocycles. The lowest BCUT2D eigenvalue weighted by Gasteiger charge is -2.59. The fraction of sp³-hybridized carbons (Fsp3) is 0.667. The van der Waals surface area contributed by atoms with Crippen LogP contribution in [0.2, 0.25) is 0 Å². The van der Waals surface area contributed by atoms with Gasteiger partial charge >= 0.3 is 0 Å². The first-order valence-corrected chi connectivity index (χ1v) is 8.44. The molecule has 0 radical (unpaired) electrons. The zero-order valence-electron chi connectivity index (χ0n) is 12.0. The summed E-state index contributed by atoms with van der Waals surface area (Å²) in [7, 11) is 0. The Labute approximate surface area is 120 Å². The van der Waals surface area contributed by atoms with Gasteiger partial charge in [0.15, 0.2) is 0 Å². The second kappa shape index (κ2) is 4.00. The SMILES string of the molecule is Oc1cccc2c1[C@H]1C3CCCCN3[C@@H]2[C@H]2CCC[C@H]21. The van der Waals surface area contributed by atoms with Gasteiger partial charge in [0.1, 0.15) is 5.75 Å². The van der Waals surface area contributed by atoms with Gasteiger partial charge in [-0.1, -0.05) is 25.0 Å². The molecule has 3 aliphatic heterocycles. The Kier molecular flexibility index (Phi) is 2.33. The van der Waals surface area contributed by atoms with Crippen molar-refractivity contribution in [3.63, 3.8) is 0 Å². The lowest BCUT2D eigenvalue weighted by molar-refractivity contribution is -0.0449. The van der Waals surface area contributed by atoms with E-state index in [2.05, 4.69) is 17.0 Å². The molecule has 1 N–H and O–H groups in total. The highest BCUT2D eigenvalue weighted by molar-refractivity contribution is 5.49. The highest BCUT2D eigenvalue weighted by atomic mass is 16.3. The van der Waals surface area contributed by atoms with Crippen molar-refractivity contribution in [1.82, 2.24) is 4.90 Å². The summed E-state index contributed by atoms with van der Waals surface area (Å²) in [5, 5.41) is 10.5. The van der Waals surface area contributed by atoms with Gasteiger partial charge in [0, 0.05) is 23.6 Å². The molecule has 6 rings (SSSR count). The van der Waals surface area contributed by atoms with Gasteiger partial charge < -0.3 is 5.11 Å². The maximum Gasteiger partial charge on any atom is 0.119 e. The fourth-order valence-electron chi connectivity index (χ4n) is 6.10. The van der Waals surface area contributed by atoms with E-state index in [0.717, 1.165) is 11.8 Å². The Morgan fingerprint density at radius 2 is 1.90 bits per heavy atom. The summed E-state index contributed by atoms with van der Waals surface area (Å²) in [5.41, 5.74) is 2.81. The third kappa shape index (κ3) is 1.29. The normalized spacial score (nSPS) is 42.1. The molecule has 0 aromatic heterocycles. The summed E-state index contributed by atoms with van der Waals surface area (Å²) in [6.45, 7) is 1.28. The molecule has 0 spiro atoms. The van der Waals surface area contributed by atoms with Crippen LogP contribution in [0.15, 0.2) is 18.2 Å². The largest absolute Gasteiger partial charge is 0.508 e. The molecule has 3 fully saturated rings. The first-order chi connectivity index (χ1) is 9.86. The van der Waals surface area contributed by atoms with Crippen LogP contribution in [0, 0.1) is 11.8 Å². The van der Waals surface area contributed by atoms with Crippen LogP contribution >= 0.6 is 0 Å². The second-order valence-electron chi connectivity index (χ2n) is 7.31. The van der Waals surface area contributed by atoms with E-state index in [9.17, 15) is 5.11 Å². The minimum Gasteiger partial charge on any atom is -0.508 e. The Balaban J connectivity index is 1.74. The van der Waals surface area contributed by atoms with Gasteiger partial charge in [0.25, 0.3) is 0 Å². The van der Waals surface area contributed by atoms with Gasteiger partial charge in [-0.3, -0.25) is 4.90 Å². The molecule has 0 amide bonds. The molecule has 2 saturated heterocycles. The standard InChI is InChI=1S/C18H23NO/c20-15-9-4-7-13-17(15)16-11-5-3-6-12(11)18(13)19-10-2-1-8-14(16)19/h4,7,9,11-12,14,16,18,20H,1-3,5-6,8,10H2/t11-,12+,14?,16-,18-/m1/s1. The Morgan fingerprint density at radius 1 is 1.00 bits per heavy atom. The zero-order chi connectivity index (χ0) is 13.3. The zero-order valence-corrected chi connectivity index (χ0v) is 12.0. The van der Waals surface area contributed by atoms with Gasteiger partial charge in [-0.2, -0.15) is 0 Å². The molecule has 106 valence electrons. The van der Waals surface area contributed by atoms with Crippen LogP contribution in [0.5, 0.6) is 5.75 Å². The quantitative estimate of drug-likeness (QED) is 0.774. The minimum atomic E-state index is 0.577. The molecule has 3 heterocycles. The fourth-order valence-corrected chi connectivity index (χ4v) is 6.10. The smallest absolute Gasteiger partial charge is 0.119 e. The predicted molar refractivity (Wildman–Crippen MR) is 78.8 cm³/mol. The number of rotatable bonds is 0. The van der Waals surface area contributed by atoms with Crippen molar-refractivity contribution >= 4 is 0 Å². The molecule has 2 bridgehead atoms. The van der Waals surface area contributed by atoms with Crippen LogP contribution in [0.3, 0.4) is 0 Å². The molecular weight excluding hydrogens is 246 g/mol. The van der Waals surface area contributed by atoms with Crippen molar-refractivity contribution in [2.24, 2.45) is 11.8 Å². The molecule has 1 unspecified atom stereocenters. The van der Waals surface area contributed by atoms with Crippen molar-refractivity contribution in [2.45, 2.75) is 56.5 Å². The second-order valence-corrected chi connectivity index (χ2v) is 7.31. The maximum absolute atomic E-state index is 10.5. The highest BCUT2D eigenvalue weighted by Gasteiger charge is 2.57. The predicted octanol–water partition coefficient (Wildman–Crippen LogP) is 3.81. The van der Waals surface area contributed by atoms with Crippen molar-refractivity contribution in [3.05, 3.63) is 29.3 Å². The average molecular weight is 269 g/mol. The highest BCUT2D eigenvalue weighted by Crippen LogP contribution is 2.63. The molecule has 2 nitrogen and oxygen atoms in total. The van der Waals surface area contributed by atoms with Crippen LogP contribution in [-0.2, 0) is 0 Å². The monoisotopic (exact) mass is 269 g/mol. The average Bonchev–Trinajstić information content (AvgIpc) is 2.97. The molecule has 1 saturated carbocycles. The number of nitrogens with zero attached hydrogens (tertiary/aromatic N) is 1. The first kappa shape index (κ1) is 11.6. The van der Waals surface area contributed by atoms with Gasteiger partial charge in [0.05, 0.1) is 0 Å². The van der Waals surface area contributed by atoms with Gasteiger partial charge in [-0.25, -0.2) is 0 Å². The van der Waals surface area contributed by atoms with Crippen molar-refractivity contribution in [2.75, 3.05) is 6.54 Å². The van der Waals surface area contributed by atoms with E-state index in [1.807, 2.05) is 6.07 Å². The van der Waals surface area contributed by atoms with Crippen molar-refractivity contribution < 1.29 is 5.11 Å². The maximum atomic E-state index is 10.5. The van der Waals surface area contributed by atoms with E-state index in [0.29, 0.717) is 23.8 Å². The van der Waals surface area contributed by atoms with Crippen molar-refractivity contribution in [1.29, 1.82) is 0 Å². The summed E-state index contributed by atoms with van der Waals surface area (Å²) < 4.78 is 0. The summed E-state index contributed by atoms with van der Waals surface area (Å²) in [6, 6.07) is 7.59. The lowest BCUT2D eigenvalue weighted by atomic mass is 9.59. The van der Waals surface area contributed by atoms with E-state index in [1.54, 1.807) is 0 Å². The molecule has 2 heteroatoms. The Hall–Kier alpha value is -1.02. The van der Waals surface area contributed by atoms with Crippen LogP contribution in [-0.4, -0.2) is 22.6 Å². The molecular formula is C18H23NO. The topological polar surface area (TPSA) is 23.5 Å². The Morgan fingerprint density at radius 3 is 2.85 bits per heavy atom. The summed E-state index contributed by atoms with van der Waals surface area (Å²) in [6.07, 6.45) is 8.29. The third-order valence-electron chi connectivity index (χ3n) is 6.62. The Bertz CT molecular complexity index is 554. The number of hydrogen-bond acceptors (Lipinski definition) is 2. The number of phenols is 1. The van der Waals surface area contributed by atoms with Crippen LogP contribution in [0.1, 0.15) is 61.6 Å². The molecule has 20 heavy (non-hydrogen) atoms. The van der Waals surface area contributed by atoms with E-state index < -0.39 is 0 Å². The third-order valence-corrected chi connectivity index (χ3v) is 6.62. The molecule has 2 aliphatic carbocycles. The summed E-state index contributed by atoms with van der Waals surface area (Å²) in [5.74, 6) is 2.90. The van der Waals surface area contributed by atoms with Gasteiger partial charge in [-0.05, 0) is 55.7 Å². The van der Waals surface area contributed by atoms with Gasteiger partial charge in [-0.15, -0.1) is 0 Å². The lowest BCUT2D eigenvalue weighted by Crippen LogP contribution is -2.58. The first-order valence-electron chi connectivity index (χ1n) is 8.44.